The number of carbonyl (C=O) groups is 1. The molecule has 0 unspecified atom stereocenters. The van der Waals surface area contributed by atoms with Crippen molar-refractivity contribution in [3.8, 4) is 0 Å². The highest BCUT2D eigenvalue weighted by atomic mass is 16.5. The molecule has 0 aliphatic heterocycles. The summed E-state index contributed by atoms with van der Waals surface area (Å²) in [5.74, 6) is -0.461. The van der Waals surface area contributed by atoms with Crippen molar-refractivity contribution in [3.05, 3.63) is 71.8 Å². The summed E-state index contributed by atoms with van der Waals surface area (Å²) < 4.78 is 5.39. The van der Waals surface area contributed by atoms with Gasteiger partial charge in [0.25, 0.3) is 0 Å². The van der Waals surface area contributed by atoms with Crippen molar-refractivity contribution in [3.63, 3.8) is 0 Å². The molecule has 4 nitrogen and oxygen atoms in total. The normalized spacial score (nSPS) is 15.9. The van der Waals surface area contributed by atoms with Gasteiger partial charge in [-0.2, -0.15) is 0 Å². The van der Waals surface area contributed by atoms with Crippen molar-refractivity contribution < 1.29 is 14.6 Å². The van der Waals surface area contributed by atoms with Crippen LogP contribution >= 0.6 is 0 Å². The number of hydrogen-bond acceptors (Lipinski definition) is 4. The van der Waals surface area contributed by atoms with E-state index in [1.807, 2.05) is 50.2 Å². The Kier molecular flexibility index (Phi) is 8.21. The first-order chi connectivity index (χ1) is 13.4. The summed E-state index contributed by atoms with van der Waals surface area (Å²) >= 11 is 0. The Morgan fingerprint density at radius 3 is 1.68 bits per heavy atom. The number of aliphatic hydroxyl groups excluding tert-OH is 1. The molecule has 0 spiro atoms. The van der Waals surface area contributed by atoms with Gasteiger partial charge in [0.15, 0.2) is 0 Å². The minimum Gasteiger partial charge on any atom is -0.465 e. The molecule has 0 amide bonds. The van der Waals surface area contributed by atoms with E-state index in [1.54, 1.807) is 6.92 Å². The lowest BCUT2D eigenvalue weighted by Gasteiger charge is -2.42. The third kappa shape index (κ3) is 5.21. The molecular formula is C24H33NO3. The Labute approximate surface area is 169 Å². The summed E-state index contributed by atoms with van der Waals surface area (Å²) in [7, 11) is 0. The molecule has 4 heteroatoms. The Morgan fingerprint density at radius 1 is 0.893 bits per heavy atom. The molecule has 0 bridgehead atoms. The molecule has 28 heavy (non-hydrogen) atoms. The summed E-state index contributed by atoms with van der Waals surface area (Å²) in [6.07, 6.45) is -0.837. The zero-order valence-electron chi connectivity index (χ0n) is 17.6. The second-order valence-corrected chi connectivity index (χ2v) is 7.55. The highest BCUT2D eigenvalue weighted by Gasteiger charge is 2.41. The number of hydrogen-bond donors (Lipinski definition) is 1. The molecule has 2 aromatic rings. The maximum Gasteiger partial charge on any atom is 0.326 e. The summed E-state index contributed by atoms with van der Waals surface area (Å²) in [4.78, 5) is 15.1. The average Bonchev–Trinajstić information content (AvgIpc) is 2.71. The van der Waals surface area contributed by atoms with E-state index in [9.17, 15) is 9.90 Å². The van der Waals surface area contributed by atoms with E-state index in [2.05, 4.69) is 43.0 Å². The lowest BCUT2D eigenvalue weighted by molar-refractivity contribution is -0.159. The second-order valence-electron chi connectivity index (χ2n) is 7.55. The minimum atomic E-state index is -0.837. The molecule has 0 fully saturated rings. The summed E-state index contributed by atoms with van der Waals surface area (Å²) in [6.45, 7) is 10.1. The van der Waals surface area contributed by atoms with Crippen LogP contribution in [0.1, 0.15) is 57.8 Å². The van der Waals surface area contributed by atoms with Crippen molar-refractivity contribution in [2.45, 2.75) is 58.8 Å². The smallest absolute Gasteiger partial charge is 0.326 e. The number of ether oxygens (including phenoxy) is 1. The molecule has 0 aliphatic carbocycles. The molecular weight excluding hydrogens is 350 g/mol. The van der Waals surface area contributed by atoms with Crippen LogP contribution < -0.4 is 0 Å². The first-order valence-electron chi connectivity index (χ1n) is 10.1. The SMILES string of the molecule is CCOC(=O)[C@@H]([C@H](O)C(C)C)N([C@H](C)c1ccccc1)[C@H](C)c1ccccc1. The molecule has 0 aromatic heterocycles. The van der Waals surface area contributed by atoms with Crippen molar-refractivity contribution in [2.24, 2.45) is 5.92 Å². The third-order valence-electron chi connectivity index (χ3n) is 5.31. The predicted molar refractivity (Wildman–Crippen MR) is 113 cm³/mol. The van der Waals surface area contributed by atoms with Crippen molar-refractivity contribution in [1.29, 1.82) is 0 Å². The standard InChI is InChI=1S/C24H33NO3/c1-6-28-24(27)22(23(26)17(2)3)25(18(4)20-13-9-7-10-14-20)19(5)21-15-11-8-12-16-21/h7-19,22-23,26H,6H2,1-5H3/t18-,19-,22-,23-/m1/s1. The number of nitrogens with zero attached hydrogens (tertiary/aromatic N) is 1. The molecule has 0 saturated heterocycles. The molecule has 2 aromatic carbocycles. The monoisotopic (exact) mass is 383 g/mol. The van der Waals surface area contributed by atoms with Gasteiger partial charge in [0, 0.05) is 12.1 Å². The molecule has 2 rings (SSSR count). The van der Waals surface area contributed by atoms with Crippen LogP contribution in [0.15, 0.2) is 60.7 Å². The average molecular weight is 384 g/mol. The largest absolute Gasteiger partial charge is 0.465 e. The van der Waals surface area contributed by atoms with Crippen molar-refractivity contribution in [2.75, 3.05) is 6.61 Å². The maximum absolute atomic E-state index is 13.0. The lowest BCUT2D eigenvalue weighted by atomic mass is 9.92. The predicted octanol–water partition coefficient (Wildman–Crippen LogP) is 4.76. The van der Waals surface area contributed by atoms with E-state index in [-0.39, 0.29) is 30.6 Å². The van der Waals surface area contributed by atoms with Gasteiger partial charge in [-0.25, -0.2) is 0 Å². The van der Waals surface area contributed by atoms with Gasteiger partial charge in [-0.15, -0.1) is 0 Å². The molecule has 0 radical (unpaired) electrons. The van der Waals surface area contributed by atoms with E-state index in [0.717, 1.165) is 11.1 Å². The Morgan fingerprint density at radius 2 is 1.32 bits per heavy atom. The first kappa shape index (κ1) is 22.1. The topological polar surface area (TPSA) is 49.8 Å². The summed E-state index contributed by atoms with van der Waals surface area (Å²) in [6, 6.07) is 19.2. The molecule has 152 valence electrons. The lowest BCUT2D eigenvalue weighted by Crippen LogP contribution is -2.53. The number of rotatable bonds is 9. The highest BCUT2D eigenvalue weighted by Crippen LogP contribution is 2.35. The van der Waals surface area contributed by atoms with Crippen molar-refractivity contribution >= 4 is 5.97 Å². The molecule has 0 saturated carbocycles. The van der Waals surface area contributed by atoms with Gasteiger partial charge in [-0.3, -0.25) is 9.69 Å². The van der Waals surface area contributed by atoms with Gasteiger partial charge in [0.1, 0.15) is 6.04 Å². The van der Waals surface area contributed by atoms with E-state index >= 15 is 0 Å². The van der Waals surface area contributed by atoms with Crippen LogP contribution in [0.2, 0.25) is 0 Å². The van der Waals surface area contributed by atoms with E-state index in [1.165, 1.54) is 0 Å². The summed E-state index contributed by atoms with van der Waals surface area (Å²) in [5, 5.41) is 11.0. The fraction of sp³-hybridized carbons (Fsp3) is 0.458. The fourth-order valence-corrected chi connectivity index (χ4v) is 3.65. The quantitative estimate of drug-likeness (QED) is 0.634. The van der Waals surface area contributed by atoms with Crippen LogP contribution in [0.25, 0.3) is 0 Å². The third-order valence-corrected chi connectivity index (χ3v) is 5.31. The van der Waals surface area contributed by atoms with Crippen LogP contribution in [-0.2, 0) is 9.53 Å². The maximum atomic E-state index is 13.0. The molecule has 0 heterocycles. The van der Waals surface area contributed by atoms with E-state index < -0.39 is 12.1 Å². The second kappa shape index (κ2) is 10.4. The number of carbonyl (C=O) groups excluding carboxylic acids is 1. The number of benzene rings is 2. The molecule has 1 N–H and O–H groups in total. The van der Waals surface area contributed by atoms with Crippen LogP contribution in [-0.4, -0.2) is 34.7 Å². The number of aliphatic hydroxyl groups is 1. The summed E-state index contributed by atoms with van der Waals surface area (Å²) in [5.41, 5.74) is 2.19. The Hall–Kier alpha value is -2.17. The highest BCUT2D eigenvalue weighted by molar-refractivity contribution is 5.76. The zero-order valence-corrected chi connectivity index (χ0v) is 17.6. The fourth-order valence-electron chi connectivity index (χ4n) is 3.65. The van der Waals surface area contributed by atoms with E-state index in [4.69, 9.17) is 4.74 Å². The zero-order chi connectivity index (χ0) is 20.7. The van der Waals surface area contributed by atoms with Gasteiger partial charge in [0.2, 0.25) is 0 Å². The van der Waals surface area contributed by atoms with Crippen LogP contribution in [0.3, 0.4) is 0 Å². The Balaban J connectivity index is 2.54. The van der Waals surface area contributed by atoms with Crippen molar-refractivity contribution in [1.82, 2.24) is 4.90 Å². The van der Waals surface area contributed by atoms with Crippen LogP contribution in [0, 0.1) is 5.92 Å². The minimum absolute atomic E-state index is 0.0807. The van der Waals surface area contributed by atoms with Crippen LogP contribution in [0.4, 0.5) is 0 Å². The van der Waals surface area contributed by atoms with Gasteiger partial charge in [0.05, 0.1) is 12.7 Å². The van der Waals surface area contributed by atoms with Crippen LogP contribution in [0.5, 0.6) is 0 Å². The first-order valence-corrected chi connectivity index (χ1v) is 10.1. The van der Waals surface area contributed by atoms with Gasteiger partial charge in [-0.05, 0) is 37.8 Å². The van der Waals surface area contributed by atoms with Gasteiger partial charge < -0.3 is 9.84 Å². The van der Waals surface area contributed by atoms with E-state index in [0.29, 0.717) is 0 Å². The van der Waals surface area contributed by atoms with Gasteiger partial charge in [-0.1, -0.05) is 74.5 Å². The van der Waals surface area contributed by atoms with Gasteiger partial charge >= 0.3 is 5.97 Å². The molecule has 4 atom stereocenters. The Bertz CT molecular complexity index is 672. The molecule has 0 aliphatic rings. The number of esters is 1.